The van der Waals surface area contributed by atoms with Crippen molar-refractivity contribution in [3.63, 3.8) is 0 Å². The third-order valence-electron chi connectivity index (χ3n) is 2.76. The van der Waals surface area contributed by atoms with Crippen LogP contribution in [0.5, 0.6) is 0 Å². The van der Waals surface area contributed by atoms with Crippen molar-refractivity contribution in [2.75, 3.05) is 20.6 Å². The smallest absolute Gasteiger partial charge is 0.202 e. The number of rotatable bonds is 4. The number of nitrogens with zero attached hydrogens (tertiary/aromatic N) is 1. The highest BCUT2D eigenvalue weighted by molar-refractivity contribution is 7.87. The summed E-state index contributed by atoms with van der Waals surface area (Å²) in [6.45, 7) is 0.598. The Hall–Kier alpha value is -0.130. The Kier molecular flexibility index (Phi) is 4.34. The summed E-state index contributed by atoms with van der Waals surface area (Å²) in [4.78, 5) is 0. The van der Waals surface area contributed by atoms with Crippen molar-refractivity contribution in [1.29, 1.82) is 0 Å². The molecule has 0 bridgehead atoms. The van der Waals surface area contributed by atoms with Crippen LogP contribution in [-0.4, -0.2) is 33.4 Å². The fourth-order valence-electron chi connectivity index (χ4n) is 1.74. The molecular weight excluding hydrogens is 200 g/mol. The lowest BCUT2D eigenvalue weighted by molar-refractivity contribution is 0.354. The van der Waals surface area contributed by atoms with Gasteiger partial charge in [-0.1, -0.05) is 19.3 Å². The van der Waals surface area contributed by atoms with E-state index in [1.54, 1.807) is 14.1 Å². The number of hydrogen-bond donors (Lipinski definition) is 1. The van der Waals surface area contributed by atoms with Crippen LogP contribution in [-0.2, 0) is 10.2 Å². The molecule has 4 nitrogen and oxygen atoms in total. The zero-order valence-corrected chi connectivity index (χ0v) is 9.81. The molecular formula is C9H20N2O2S. The van der Waals surface area contributed by atoms with Gasteiger partial charge in [0.25, 0.3) is 10.2 Å². The summed E-state index contributed by atoms with van der Waals surface area (Å²) < 4.78 is 26.6. The standard InChI is InChI=1S/C9H20N2O2S/c1-11(2)14(12,13)10-8-9-6-4-3-5-7-9/h9-10H,3-8H2,1-2H3. The van der Waals surface area contributed by atoms with E-state index < -0.39 is 10.2 Å². The fraction of sp³-hybridized carbons (Fsp3) is 1.00. The number of hydrogen-bond acceptors (Lipinski definition) is 2. The summed E-state index contributed by atoms with van der Waals surface area (Å²) in [7, 11) is -0.125. The average Bonchev–Trinajstić information content (AvgIpc) is 2.16. The Balaban J connectivity index is 2.32. The highest BCUT2D eigenvalue weighted by atomic mass is 32.2. The summed E-state index contributed by atoms with van der Waals surface area (Å²) in [6, 6.07) is 0. The Morgan fingerprint density at radius 3 is 2.29 bits per heavy atom. The van der Waals surface area contributed by atoms with Crippen molar-refractivity contribution >= 4 is 10.2 Å². The highest BCUT2D eigenvalue weighted by Crippen LogP contribution is 2.22. The maximum atomic E-state index is 11.4. The van der Waals surface area contributed by atoms with Crippen LogP contribution >= 0.6 is 0 Å². The molecule has 1 fully saturated rings. The first-order chi connectivity index (χ1) is 6.52. The summed E-state index contributed by atoms with van der Waals surface area (Å²) in [5.41, 5.74) is 0. The third-order valence-corrected chi connectivity index (χ3v) is 4.25. The van der Waals surface area contributed by atoms with Crippen molar-refractivity contribution in [3.8, 4) is 0 Å². The molecule has 5 heteroatoms. The first-order valence-corrected chi connectivity index (χ1v) is 6.63. The van der Waals surface area contributed by atoms with Gasteiger partial charge in [-0.25, -0.2) is 4.72 Å². The minimum absolute atomic E-state index is 0.540. The van der Waals surface area contributed by atoms with Gasteiger partial charge in [0.05, 0.1) is 0 Å². The van der Waals surface area contributed by atoms with Crippen molar-refractivity contribution < 1.29 is 8.42 Å². The van der Waals surface area contributed by atoms with Crippen molar-refractivity contribution in [2.24, 2.45) is 5.92 Å². The largest absolute Gasteiger partial charge is 0.278 e. The van der Waals surface area contributed by atoms with E-state index >= 15 is 0 Å². The van der Waals surface area contributed by atoms with Gasteiger partial charge in [-0.2, -0.15) is 12.7 Å². The van der Waals surface area contributed by atoms with Gasteiger partial charge in [-0.05, 0) is 18.8 Å². The Bertz CT molecular complexity index is 256. The van der Waals surface area contributed by atoms with Crippen molar-refractivity contribution in [1.82, 2.24) is 9.03 Å². The minimum Gasteiger partial charge on any atom is -0.202 e. The first kappa shape index (κ1) is 11.9. The second kappa shape index (κ2) is 5.09. The van der Waals surface area contributed by atoms with Crippen LogP contribution in [0.15, 0.2) is 0 Å². The molecule has 0 aromatic heterocycles. The molecule has 1 aliphatic carbocycles. The highest BCUT2D eigenvalue weighted by Gasteiger charge is 2.18. The summed E-state index contributed by atoms with van der Waals surface area (Å²) in [6.07, 6.45) is 6.12. The lowest BCUT2D eigenvalue weighted by atomic mass is 9.90. The normalized spacial score (nSPS) is 20.2. The fourth-order valence-corrected chi connectivity index (χ4v) is 2.45. The molecule has 0 aliphatic heterocycles. The molecule has 0 spiro atoms. The van der Waals surface area contributed by atoms with E-state index in [0.717, 1.165) is 12.8 Å². The third kappa shape index (κ3) is 3.55. The molecule has 0 atom stereocenters. The van der Waals surface area contributed by atoms with Crippen LogP contribution < -0.4 is 4.72 Å². The molecule has 0 amide bonds. The van der Waals surface area contributed by atoms with Gasteiger partial charge in [-0.15, -0.1) is 0 Å². The van der Waals surface area contributed by atoms with Crippen LogP contribution in [0, 0.1) is 5.92 Å². The maximum absolute atomic E-state index is 11.4. The topological polar surface area (TPSA) is 49.4 Å². The van der Waals surface area contributed by atoms with Crippen molar-refractivity contribution in [3.05, 3.63) is 0 Å². The quantitative estimate of drug-likeness (QED) is 0.767. The molecule has 0 aromatic rings. The molecule has 0 saturated heterocycles. The van der Waals surface area contributed by atoms with E-state index in [2.05, 4.69) is 4.72 Å². The van der Waals surface area contributed by atoms with Crippen LogP contribution in [0.2, 0.25) is 0 Å². The van der Waals surface area contributed by atoms with Gasteiger partial charge in [-0.3, -0.25) is 0 Å². The van der Waals surface area contributed by atoms with Crippen LogP contribution in [0.3, 0.4) is 0 Å². The minimum atomic E-state index is -3.21. The molecule has 1 N–H and O–H groups in total. The van der Waals surface area contributed by atoms with Gasteiger partial charge in [0.1, 0.15) is 0 Å². The Morgan fingerprint density at radius 2 is 1.79 bits per heavy atom. The van der Waals surface area contributed by atoms with Crippen LogP contribution in [0.4, 0.5) is 0 Å². The average molecular weight is 220 g/mol. The van der Waals surface area contributed by atoms with Gasteiger partial charge >= 0.3 is 0 Å². The lowest BCUT2D eigenvalue weighted by Gasteiger charge is -2.22. The first-order valence-electron chi connectivity index (χ1n) is 5.19. The molecule has 1 aliphatic rings. The maximum Gasteiger partial charge on any atom is 0.278 e. The molecule has 0 aromatic carbocycles. The molecule has 0 radical (unpaired) electrons. The molecule has 1 rings (SSSR count). The predicted molar refractivity (Wildman–Crippen MR) is 57.2 cm³/mol. The van der Waals surface area contributed by atoms with E-state index in [1.165, 1.54) is 23.6 Å². The lowest BCUT2D eigenvalue weighted by Crippen LogP contribution is -2.38. The van der Waals surface area contributed by atoms with Gasteiger partial charge in [0.15, 0.2) is 0 Å². The zero-order valence-electron chi connectivity index (χ0n) is 8.99. The Labute approximate surface area is 86.9 Å². The summed E-state index contributed by atoms with van der Waals surface area (Å²) >= 11 is 0. The van der Waals surface area contributed by atoms with E-state index in [1.807, 2.05) is 0 Å². The van der Waals surface area contributed by atoms with Crippen LogP contribution in [0.25, 0.3) is 0 Å². The van der Waals surface area contributed by atoms with Crippen LogP contribution in [0.1, 0.15) is 32.1 Å². The van der Waals surface area contributed by atoms with E-state index in [4.69, 9.17) is 0 Å². The van der Waals surface area contributed by atoms with Crippen molar-refractivity contribution in [2.45, 2.75) is 32.1 Å². The molecule has 84 valence electrons. The summed E-state index contributed by atoms with van der Waals surface area (Å²) in [5.74, 6) is 0.540. The molecule has 0 unspecified atom stereocenters. The Morgan fingerprint density at radius 1 is 1.21 bits per heavy atom. The molecule has 0 heterocycles. The zero-order chi connectivity index (χ0) is 10.6. The van der Waals surface area contributed by atoms with Gasteiger partial charge in [0.2, 0.25) is 0 Å². The van der Waals surface area contributed by atoms with Gasteiger partial charge < -0.3 is 0 Å². The SMILES string of the molecule is CN(C)S(=O)(=O)NCC1CCCCC1. The van der Waals surface area contributed by atoms with E-state index in [-0.39, 0.29) is 0 Å². The number of nitrogens with one attached hydrogen (secondary N) is 1. The second-order valence-electron chi connectivity index (χ2n) is 4.14. The van der Waals surface area contributed by atoms with E-state index in [9.17, 15) is 8.42 Å². The van der Waals surface area contributed by atoms with Gasteiger partial charge in [0, 0.05) is 20.6 Å². The predicted octanol–water partition coefficient (Wildman–Crippen LogP) is 0.963. The molecule has 14 heavy (non-hydrogen) atoms. The van der Waals surface area contributed by atoms with E-state index in [0.29, 0.717) is 12.5 Å². The summed E-state index contributed by atoms with van der Waals surface area (Å²) in [5, 5.41) is 0. The molecule has 1 saturated carbocycles. The monoisotopic (exact) mass is 220 g/mol. The second-order valence-corrected chi connectivity index (χ2v) is 6.11.